The molecule has 2 heterocycles. The van der Waals surface area contributed by atoms with Crippen LogP contribution in [0.1, 0.15) is 0 Å². The summed E-state index contributed by atoms with van der Waals surface area (Å²) in [6.07, 6.45) is -4.85. The molecule has 1 aliphatic heterocycles. The number of ether oxygens (including phenoxy) is 1. The molecule has 1 fully saturated rings. The molecule has 0 atom stereocenters. The molecule has 1 N–H and O–H groups in total. The Hall–Kier alpha value is -1.28. The highest BCUT2D eigenvalue weighted by Crippen LogP contribution is 2.21. The van der Waals surface area contributed by atoms with E-state index in [1.165, 1.54) is 16.2 Å². The van der Waals surface area contributed by atoms with Gasteiger partial charge in [0.05, 0.1) is 24.2 Å². The van der Waals surface area contributed by atoms with Gasteiger partial charge in [0.15, 0.2) is 0 Å². The van der Waals surface area contributed by atoms with Gasteiger partial charge in [0.1, 0.15) is 6.61 Å². The van der Waals surface area contributed by atoms with Crippen molar-refractivity contribution in [3.63, 3.8) is 0 Å². The van der Waals surface area contributed by atoms with Crippen LogP contribution in [0.15, 0.2) is 17.5 Å². The van der Waals surface area contributed by atoms with Crippen LogP contribution in [0, 0.1) is 0 Å². The molecule has 4 nitrogen and oxygen atoms in total. The number of halogens is 3. The lowest BCUT2D eigenvalue weighted by Gasteiger charge is -2.38. The zero-order chi connectivity index (χ0) is 13.2. The molecule has 1 aromatic heterocycles. The van der Waals surface area contributed by atoms with Crippen LogP contribution in [0.2, 0.25) is 0 Å². The van der Waals surface area contributed by atoms with Crippen LogP contribution in [0.3, 0.4) is 0 Å². The Balaban J connectivity index is 1.68. The molecule has 0 unspecified atom stereocenters. The summed E-state index contributed by atoms with van der Waals surface area (Å²) in [5.74, 6) is 0. The number of nitrogens with one attached hydrogen (secondary N) is 1. The predicted octanol–water partition coefficient (Wildman–Crippen LogP) is 2.54. The predicted molar refractivity (Wildman–Crippen MR) is 60.7 cm³/mol. The van der Waals surface area contributed by atoms with Gasteiger partial charge in [-0.25, -0.2) is 4.79 Å². The number of rotatable bonds is 3. The molecule has 1 aromatic rings. The van der Waals surface area contributed by atoms with Crippen LogP contribution in [0.4, 0.5) is 23.0 Å². The van der Waals surface area contributed by atoms with Crippen molar-refractivity contribution in [1.82, 2.24) is 4.90 Å². The van der Waals surface area contributed by atoms with E-state index in [4.69, 9.17) is 0 Å². The van der Waals surface area contributed by atoms with Crippen molar-refractivity contribution in [2.24, 2.45) is 0 Å². The number of urea groups is 1. The average Bonchev–Trinajstić information content (AvgIpc) is 2.65. The third-order valence-corrected chi connectivity index (χ3v) is 3.15. The van der Waals surface area contributed by atoms with E-state index < -0.39 is 18.9 Å². The third-order valence-electron chi connectivity index (χ3n) is 2.37. The Kier molecular flexibility index (Phi) is 3.76. The maximum absolute atomic E-state index is 11.9. The zero-order valence-electron chi connectivity index (χ0n) is 9.24. The van der Waals surface area contributed by atoms with Crippen LogP contribution in [0.5, 0.6) is 0 Å². The van der Waals surface area contributed by atoms with Crippen molar-refractivity contribution in [3.05, 3.63) is 17.5 Å². The van der Waals surface area contributed by atoms with E-state index in [-0.39, 0.29) is 19.1 Å². The molecule has 100 valence electrons. The fourth-order valence-electron chi connectivity index (χ4n) is 1.46. The van der Waals surface area contributed by atoms with Gasteiger partial charge < -0.3 is 9.64 Å². The second-order valence-corrected chi connectivity index (χ2v) is 4.81. The lowest BCUT2D eigenvalue weighted by atomic mass is 10.2. The number of nitrogens with zero attached hydrogens (tertiary/aromatic N) is 1. The van der Waals surface area contributed by atoms with Crippen molar-refractivity contribution < 1.29 is 22.7 Å². The third kappa shape index (κ3) is 3.61. The molecule has 0 radical (unpaired) electrons. The number of anilines is 1. The molecule has 1 aliphatic rings. The number of hydrogen-bond donors (Lipinski definition) is 1. The Morgan fingerprint density at radius 1 is 1.56 bits per heavy atom. The van der Waals surface area contributed by atoms with Gasteiger partial charge in [-0.1, -0.05) is 0 Å². The van der Waals surface area contributed by atoms with Gasteiger partial charge in [-0.15, -0.1) is 11.3 Å². The summed E-state index contributed by atoms with van der Waals surface area (Å²) in [5.41, 5.74) is 0. The molecule has 2 rings (SSSR count). The summed E-state index contributed by atoms with van der Waals surface area (Å²) in [5, 5.41) is 5.17. The highest BCUT2D eigenvalue weighted by atomic mass is 32.1. The summed E-state index contributed by atoms with van der Waals surface area (Å²) in [6, 6.07) is 3.23. The first-order chi connectivity index (χ1) is 8.44. The molecule has 0 spiro atoms. The quantitative estimate of drug-likeness (QED) is 0.924. The van der Waals surface area contributed by atoms with Gasteiger partial charge >= 0.3 is 12.2 Å². The molecule has 18 heavy (non-hydrogen) atoms. The second kappa shape index (κ2) is 5.15. The van der Waals surface area contributed by atoms with Crippen molar-refractivity contribution >= 4 is 22.4 Å². The fourth-order valence-corrected chi connectivity index (χ4v) is 2.06. The molecule has 1 saturated heterocycles. The van der Waals surface area contributed by atoms with E-state index in [0.29, 0.717) is 5.00 Å². The van der Waals surface area contributed by atoms with Gasteiger partial charge in [-0.05, 0) is 17.5 Å². The van der Waals surface area contributed by atoms with E-state index in [1.807, 2.05) is 5.38 Å². The van der Waals surface area contributed by atoms with Crippen LogP contribution < -0.4 is 5.32 Å². The lowest BCUT2D eigenvalue weighted by molar-refractivity contribution is -0.195. The van der Waals surface area contributed by atoms with Crippen LogP contribution in [-0.2, 0) is 4.74 Å². The molecular formula is C10H11F3N2O2S. The van der Waals surface area contributed by atoms with Crippen molar-refractivity contribution in [3.8, 4) is 0 Å². The molecule has 2 amide bonds. The Labute approximate surface area is 105 Å². The minimum atomic E-state index is -4.32. The van der Waals surface area contributed by atoms with Crippen molar-refractivity contribution in [2.45, 2.75) is 12.3 Å². The molecule has 0 saturated carbocycles. The molecule has 0 aromatic carbocycles. The molecular weight excluding hydrogens is 269 g/mol. The standard InChI is InChI=1S/C10H11F3N2O2S/c11-10(12,13)6-17-7-4-15(5-7)9(16)14-8-2-1-3-18-8/h1-3,7H,4-6H2,(H,14,16). The van der Waals surface area contributed by atoms with E-state index in [1.54, 1.807) is 12.1 Å². The Morgan fingerprint density at radius 3 is 2.83 bits per heavy atom. The van der Waals surface area contributed by atoms with Gasteiger partial charge in [0.2, 0.25) is 0 Å². The average molecular weight is 280 g/mol. The van der Waals surface area contributed by atoms with Crippen LogP contribution in [0.25, 0.3) is 0 Å². The fraction of sp³-hybridized carbons (Fsp3) is 0.500. The number of amides is 2. The van der Waals surface area contributed by atoms with Gasteiger partial charge in [-0.3, -0.25) is 5.32 Å². The van der Waals surface area contributed by atoms with Gasteiger partial charge in [0, 0.05) is 0 Å². The number of carbonyl (C=O) groups is 1. The van der Waals surface area contributed by atoms with Gasteiger partial charge in [-0.2, -0.15) is 13.2 Å². The van der Waals surface area contributed by atoms with Crippen LogP contribution >= 0.6 is 11.3 Å². The molecule has 0 bridgehead atoms. The summed E-state index contributed by atoms with van der Waals surface area (Å²) < 4.78 is 40.2. The molecule has 0 aliphatic carbocycles. The number of likely N-dealkylation sites (tertiary alicyclic amines) is 1. The first kappa shape index (κ1) is 13.2. The lowest BCUT2D eigenvalue weighted by Crippen LogP contribution is -2.56. The topological polar surface area (TPSA) is 41.6 Å². The monoisotopic (exact) mass is 280 g/mol. The van der Waals surface area contributed by atoms with E-state index >= 15 is 0 Å². The maximum Gasteiger partial charge on any atom is 0.411 e. The Bertz CT molecular complexity index is 402. The minimum Gasteiger partial charge on any atom is -0.365 e. The maximum atomic E-state index is 11.9. The van der Waals surface area contributed by atoms with Crippen LogP contribution in [-0.4, -0.2) is 42.9 Å². The largest absolute Gasteiger partial charge is 0.411 e. The highest BCUT2D eigenvalue weighted by molar-refractivity contribution is 7.14. The summed E-state index contributed by atoms with van der Waals surface area (Å²) in [6.45, 7) is -0.890. The number of thiophene rings is 1. The highest BCUT2D eigenvalue weighted by Gasteiger charge is 2.35. The number of carbonyl (C=O) groups excluding carboxylic acids is 1. The van der Waals surface area contributed by atoms with E-state index in [9.17, 15) is 18.0 Å². The smallest absolute Gasteiger partial charge is 0.365 e. The number of alkyl halides is 3. The van der Waals surface area contributed by atoms with Crippen molar-refractivity contribution in [1.29, 1.82) is 0 Å². The van der Waals surface area contributed by atoms with Gasteiger partial charge in [0.25, 0.3) is 0 Å². The number of hydrogen-bond acceptors (Lipinski definition) is 3. The zero-order valence-corrected chi connectivity index (χ0v) is 10.1. The first-order valence-corrected chi connectivity index (χ1v) is 6.10. The van der Waals surface area contributed by atoms with Crippen molar-refractivity contribution in [2.75, 3.05) is 25.0 Å². The summed E-state index contributed by atoms with van der Waals surface area (Å²) in [7, 11) is 0. The molecule has 8 heteroatoms. The van der Waals surface area contributed by atoms with E-state index in [0.717, 1.165) is 0 Å². The second-order valence-electron chi connectivity index (χ2n) is 3.86. The van der Waals surface area contributed by atoms with E-state index in [2.05, 4.69) is 10.1 Å². The summed E-state index contributed by atoms with van der Waals surface area (Å²) >= 11 is 1.38. The first-order valence-electron chi connectivity index (χ1n) is 5.22. The summed E-state index contributed by atoms with van der Waals surface area (Å²) in [4.78, 5) is 13.0. The normalized spacial score (nSPS) is 16.5. The Morgan fingerprint density at radius 2 is 2.28 bits per heavy atom. The minimum absolute atomic E-state index is 0.188. The SMILES string of the molecule is O=C(Nc1cccs1)N1CC(OCC(F)(F)F)C1.